The second-order valence-electron chi connectivity index (χ2n) is 9.96. The third-order valence-corrected chi connectivity index (χ3v) is 7.59. The monoisotopic (exact) mass is 440 g/mol. The van der Waals surface area contributed by atoms with Gasteiger partial charge in [-0.05, 0) is 90.0 Å². The molecule has 0 amide bonds. The number of rotatable bonds is 6. The van der Waals surface area contributed by atoms with E-state index in [-0.39, 0.29) is 11.8 Å². The molecule has 1 heterocycles. The Morgan fingerprint density at radius 2 is 1.70 bits per heavy atom. The van der Waals surface area contributed by atoms with Crippen LogP contribution in [0.2, 0.25) is 0 Å². The molecule has 3 aromatic rings. The molecule has 170 valence electrons. The molecule has 1 saturated carbocycles. The lowest BCUT2D eigenvalue weighted by molar-refractivity contribution is -0.142. The number of ether oxygens (including phenoxy) is 1. The number of benzene rings is 3. The molecule has 1 fully saturated rings. The van der Waals surface area contributed by atoms with Gasteiger partial charge in [0.05, 0.1) is 12.5 Å². The van der Waals surface area contributed by atoms with Gasteiger partial charge in [0.15, 0.2) is 0 Å². The zero-order chi connectivity index (χ0) is 23.1. The summed E-state index contributed by atoms with van der Waals surface area (Å²) in [6, 6.07) is 21.7. The number of carbonyl (C=O) groups is 1. The summed E-state index contributed by atoms with van der Waals surface area (Å²) < 4.78 is 6.15. The van der Waals surface area contributed by atoms with Crippen LogP contribution in [0.1, 0.15) is 59.4 Å². The highest BCUT2D eigenvalue weighted by Crippen LogP contribution is 2.48. The average Bonchev–Trinajstić information content (AvgIpc) is 3.64. The molecule has 33 heavy (non-hydrogen) atoms. The fourth-order valence-electron chi connectivity index (χ4n) is 5.61. The molecule has 3 heteroatoms. The Morgan fingerprint density at radius 3 is 2.33 bits per heavy atom. The number of fused-ring (bicyclic) bond motifs is 1. The SMILES string of the molecule is Cc1cccc(C)c1-c1ccc(C2COc3ccc([C@H](C4CC4)[C@H](C)C(=O)O)cc3C2)cc1. The highest BCUT2D eigenvalue weighted by atomic mass is 16.5. The predicted octanol–water partition coefficient (Wildman–Crippen LogP) is 6.90. The molecule has 0 bridgehead atoms. The first-order valence-electron chi connectivity index (χ1n) is 12.1. The second-order valence-corrected chi connectivity index (χ2v) is 9.96. The first-order valence-corrected chi connectivity index (χ1v) is 12.1. The summed E-state index contributed by atoms with van der Waals surface area (Å²) in [7, 11) is 0. The van der Waals surface area contributed by atoms with Crippen LogP contribution in [-0.4, -0.2) is 17.7 Å². The van der Waals surface area contributed by atoms with E-state index in [2.05, 4.69) is 74.5 Å². The van der Waals surface area contributed by atoms with E-state index in [9.17, 15) is 9.90 Å². The first kappa shape index (κ1) is 21.8. The van der Waals surface area contributed by atoms with Gasteiger partial charge in [0.25, 0.3) is 0 Å². The van der Waals surface area contributed by atoms with E-state index in [1.165, 1.54) is 33.4 Å². The van der Waals surface area contributed by atoms with Gasteiger partial charge in [-0.3, -0.25) is 4.79 Å². The van der Waals surface area contributed by atoms with E-state index in [1.54, 1.807) is 0 Å². The zero-order valence-corrected chi connectivity index (χ0v) is 19.7. The minimum atomic E-state index is -0.706. The van der Waals surface area contributed by atoms with Crippen molar-refractivity contribution in [1.82, 2.24) is 0 Å². The summed E-state index contributed by atoms with van der Waals surface area (Å²) >= 11 is 0. The fourth-order valence-corrected chi connectivity index (χ4v) is 5.61. The Labute approximate surface area is 196 Å². The summed E-state index contributed by atoms with van der Waals surface area (Å²) in [5, 5.41) is 9.63. The van der Waals surface area contributed by atoms with Gasteiger partial charge in [-0.25, -0.2) is 0 Å². The smallest absolute Gasteiger partial charge is 0.306 e. The predicted molar refractivity (Wildman–Crippen MR) is 132 cm³/mol. The van der Waals surface area contributed by atoms with Crippen molar-refractivity contribution >= 4 is 5.97 Å². The van der Waals surface area contributed by atoms with Gasteiger partial charge in [-0.2, -0.15) is 0 Å². The third-order valence-electron chi connectivity index (χ3n) is 7.59. The summed E-state index contributed by atoms with van der Waals surface area (Å²) in [4.78, 5) is 11.7. The van der Waals surface area contributed by atoms with E-state index in [0.29, 0.717) is 18.4 Å². The number of aliphatic carboxylic acids is 1. The highest BCUT2D eigenvalue weighted by Gasteiger charge is 2.39. The van der Waals surface area contributed by atoms with Crippen molar-refractivity contribution in [2.45, 2.75) is 51.9 Å². The van der Waals surface area contributed by atoms with Crippen molar-refractivity contribution in [3.05, 3.63) is 88.5 Å². The van der Waals surface area contributed by atoms with Crippen LogP contribution in [0.25, 0.3) is 11.1 Å². The van der Waals surface area contributed by atoms with Gasteiger partial charge in [0.2, 0.25) is 0 Å². The molecule has 0 spiro atoms. The van der Waals surface area contributed by atoms with Crippen molar-refractivity contribution < 1.29 is 14.6 Å². The number of carboxylic acids is 1. The molecule has 0 aromatic heterocycles. The maximum atomic E-state index is 11.7. The lowest BCUT2D eigenvalue weighted by atomic mass is 9.81. The van der Waals surface area contributed by atoms with E-state index in [4.69, 9.17) is 4.74 Å². The second kappa shape index (κ2) is 8.70. The summed E-state index contributed by atoms with van der Waals surface area (Å²) in [5.74, 6) is 0.753. The van der Waals surface area contributed by atoms with Crippen LogP contribution in [0.5, 0.6) is 5.75 Å². The molecule has 3 aromatic carbocycles. The maximum absolute atomic E-state index is 11.7. The van der Waals surface area contributed by atoms with Crippen molar-refractivity contribution in [3.8, 4) is 16.9 Å². The van der Waals surface area contributed by atoms with E-state index in [0.717, 1.165) is 30.6 Å². The normalized spacial score (nSPS) is 19.3. The Hall–Kier alpha value is -3.07. The molecular weight excluding hydrogens is 408 g/mol. The van der Waals surface area contributed by atoms with Crippen LogP contribution < -0.4 is 4.74 Å². The van der Waals surface area contributed by atoms with Crippen LogP contribution in [0.3, 0.4) is 0 Å². The van der Waals surface area contributed by atoms with Crippen LogP contribution >= 0.6 is 0 Å². The number of carboxylic acid groups (broad SMARTS) is 1. The van der Waals surface area contributed by atoms with Crippen LogP contribution in [0.4, 0.5) is 0 Å². The number of hydrogen-bond donors (Lipinski definition) is 1. The van der Waals surface area contributed by atoms with Gasteiger partial charge in [0, 0.05) is 5.92 Å². The summed E-state index contributed by atoms with van der Waals surface area (Å²) in [5.41, 5.74) is 8.81. The lowest BCUT2D eigenvalue weighted by Gasteiger charge is -2.28. The first-order chi connectivity index (χ1) is 15.9. The van der Waals surface area contributed by atoms with Crippen LogP contribution in [0.15, 0.2) is 60.7 Å². The molecule has 3 nitrogen and oxygen atoms in total. The topological polar surface area (TPSA) is 46.5 Å². The van der Waals surface area contributed by atoms with Crippen molar-refractivity contribution in [1.29, 1.82) is 0 Å². The zero-order valence-electron chi connectivity index (χ0n) is 19.7. The Bertz CT molecular complexity index is 1150. The molecule has 2 aliphatic rings. The Morgan fingerprint density at radius 1 is 1.00 bits per heavy atom. The van der Waals surface area contributed by atoms with Crippen molar-refractivity contribution in [2.24, 2.45) is 11.8 Å². The Kier molecular flexibility index (Phi) is 5.74. The maximum Gasteiger partial charge on any atom is 0.306 e. The number of aryl methyl sites for hydroxylation is 2. The van der Waals surface area contributed by atoms with Crippen molar-refractivity contribution in [2.75, 3.05) is 6.61 Å². The fraction of sp³-hybridized carbons (Fsp3) is 0.367. The van der Waals surface area contributed by atoms with Crippen molar-refractivity contribution in [3.63, 3.8) is 0 Å². The highest BCUT2D eigenvalue weighted by molar-refractivity contribution is 5.72. The molecule has 1 aliphatic heterocycles. The van der Waals surface area contributed by atoms with Gasteiger partial charge in [0.1, 0.15) is 5.75 Å². The van der Waals surface area contributed by atoms with E-state index in [1.807, 2.05) is 6.92 Å². The summed E-state index contributed by atoms with van der Waals surface area (Å²) in [6.07, 6.45) is 3.18. The number of hydrogen-bond acceptors (Lipinski definition) is 2. The molecule has 3 atom stereocenters. The van der Waals surface area contributed by atoms with Gasteiger partial charge in [-0.1, -0.05) is 61.5 Å². The Balaban J connectivity index is 1.39. The molecule has 5 rings (SSSR count). The average molecular weight is 441 g/mol. The molecule has 1 N–H and O–H groups in total. The molecule has 1 aliphatic carbocycles. The van der Waals surface area contributed by atoms with Crippen LogP contribution in [-0.2, 0) is 11.2 Å². The molecule has 0 saturated heterocycles. The molecular formula is C30H32O3. The van der Waals surface area contributed by atoms with Gasteiger partial charge < -0.3 is 9.84 Å². The minimum absolute atomic E-state index is 0.0878. The van der Waals surface area contributed by atoms with Gasteiger partial charge >= 0.3 is 5.97 Å². The molecule has 0 radical (unpaired) electrons. The third kappa shape index (κ3) is 4.29. The molecule has 1 unspecified atom stereocenters. The van der Waals surface area contributed by atoms with Crippen LogP contribution in [0, 0.1) is 25.7 Å². The standard InChI is InChI=1S/C30H32O3/c1-18-5-4-6-19(2)28(18)22-9-7-21(8-10-22)26-16-25-15-24(13-14-27(25)33-17-26)29(23-11-12-23)20(3)30(31)32/h4-10,13-15,20,23,26,29H,11-12,16-17H2,1-3H3,(H,31,32)/t20-,26?,29-/m0/s1. The summed E-state index contributed by atoms with van der Waals surface area (Å²) in [6.45, 7) is 6.86. The van der Waals surface area contributed by atoms with E-state index >= 15 is 0 Å². The lowest BCUT2D eigenvalue weighted by Crippen LogP contribution is -2.22. The van der Waals surface area contributed by atoms with Gasteiger partial charge in [-0.15, -0.1) is 0 Å². The largest absolute Gasteiger partial charge is 0.493 e. The van der Waals surface area contributed by atoms with E-state index < -0.39 is 5.97 Å². The quantitative estimate of drug-likeness (QED) is 0.453. The minimum Gasteiger partial charge on any atom is -0.493 e.